The van der Waals surface area contributed by atoms with E-state index in [0.29, 0.717) is 10.0 Å². The molecule has 1 unspecified atom stereocenters. The molecule has 1 aromatic rings. The fraction of sp³-hybridized carbons (Fsp3) is 0.538. The summed E-state index contributed by atoms with van der Waals surface area (Å²) in [5.41, 5.74) is 7.13. The van der Waals surface area contributed by atoms with Gasteiger partial charge in [0.15, 0.2) is 0 Å². The Kier molecular flexibility index (Phi) is 6.18. The fourth-order valence-corrected chi connectivity index (χ4v) is 2.29. The van der Waals surface area contributed by atoms with Gasteiger partial charge in [-0.3, -0.25) is 0 Å². The summed E-state index contributed by atoms with van der Waals surface area (Å²) in [6.45, 7) is 2.21. The molecular weight excluding hydrogens is 241 g/mol. The van der Waals surface area contributed by atoms with Gasteiger partial charge in [0.2, 0.25) is 0 Å². The number of halogens is 2. The third-order valence-corrected chi connectivity index (χ3v) is 3.12. The van der Waals surface area contributed by atoms with E-state index in [1.54, 1.807) is 6.07 Å². The molecule has 0 radical (unpaired) electrons. The van der Waals surface area contributed by atoms with E-state index in [0.717, 1.165) is 12.0 Å². The van der Waals surface area contributed by atoms with E-state index < -0.39 is 0 Å². The zero-order valence-corrected chi connectivity index (χ0v) is 11.2. The number of hydrogen-bond donors (Lipinski definition) is 1. The van der Waals surface area contributed by atoms with Crippen molar-refractivity contribution in [2.75, 3.05) is 0 Å². The van der Waals surface area contributed by atoms with Gasteiger partial charge in [0.1, 0.15) is 0 Å². The quantitative estimate of drug-likeness (QED) is 0.718. The van der Waals surface area contributed by atoms with Gasteiger partial charge in [-0.1, -0.05) is 55.8 Å². The van der Waals surface area contributed by atoms with Crippen LogP contribution in [0.25, 0.3) is 0 Å². The van der Waals surface area contributed by atoms with Crippen LogP contribution in [0.4, 0.5) is 0 Å². The smallest absolute Gasteiger partial charge is 0.0424 e. The maximum Gasteiger partial charge on any atom is 0.0424 e. The first-order chi connectivity index (χ1) is 7.63. The summed E-state index contributed by atoms with van der Waals surface area (Å²) in [6, 6.07) is 5.58. The molecule has 0 saturated carbocycles. The molecule has 0 aliphatic carbocycles. The summed E-state index contributed by atoms with van der Waals surface area (Å²) >= 11 is 11.9. The Labute approximate surface area is 108 Å². The summed E-state index contributed by atoms with van der Waals surface area (Å²) in [6.07, 6.45) is 5.94. The maximum absolute atomic E-state index is 6.10. The highest BCUT2D eigenvalue weighted by molar-refractivity contribution is 6.34. The SMILES string of the molecule is CCCCCCC(N)c1cc(Cl)cc(Cl)c1. The lowest BCUT2D eigenvalue weighted by Gasteiger charge is -2.12. The minimum atomic E-state index is 0.0491. The predicted molar refractivity (Wildman–Crippen MR) is 72.1 cm³/mol. The van der Waals surface area contributed by atoms with Crippen LogP contribution in [-0.4, -0.2) is 0 Å². The molecule has 0 heterocycles. The molecule has 1 nitrogen and oxygen atoms in total. The van der Waals surface area contributed by atoms with Crippen LogP contribution in [-0.2, 0) is 0 Å². The first-order valence-corrected chi connectivity index (χ1v) is 6.60. The second-order valence-electron chi connectivity index (χ2n) is 4.16. The average molecular weight is 260 g/mol. The summed E-state index contributed by atoms with van der Waals surface area (Å²) in [4.78, 5) is 0. The average Bonchev–Trinajstić information content (AvgIpc) is 2.22. The largest absolute Gasteiger partial charge is 0.324 e. The predicted octanol–water partition coefficient (Wildman–Crippen LogP) is 4.96. The molecule has 1 atom stereocenters. The summed E-state index contributed by atoms with van der Waals surface area (Å²) in [5.74, 6) is 0. The van der Waals surface area contributed by atoms with Crippen molar-refractivity contribution in [2.24, 2.45) is 5.73 Å². The van der Waals surface area contributed by atoms with Crippen LogP contribution in [0.2, 0.25) is 10.0 Å². The van der Waals surface area contributed by atoms with E-state index in [1.165, 1.54) is 25.7 Å². The summed E-state index contributed by atoms with van der Waals surface area (Å²) in [7, 11) is 0. The van der Waals surface area contributed by atoms with Gasteiger partial charge in [-0.2, -0.15) is 0 Å². The zero-order chi connectivity index (χ0) is 12.0. The molecule has 3 heteroatoms. The molecular formula is C13H19Cl2N. The van der Waals surface area contributed by atoms with Gasteiger partial charge >= 0.3 is 0 Å². The van der Waals surface area contributed by atoms with Crippen molar-refractivity contribution in [1.82, 2.24) is 0 Å². The van der Waals surface area contributed by atoms with E-state index in [-0.39, 0.29) is 6.04 Å². The van der Waals surface area contributed by atoms with Crippen molar-refractivity contribution in [2.45, 2.75) is 45.1 Å². The molecule has 0 aliphatic heterocycles. The van der Waals surface area contributed by atoms with Crippen molar-refractivity contribution < 1.29 is 0 Å². The Hall–Kier alpha value is -0.240. The van der Waals surface area contributed by atoms with Crippen LogP contribution in [0, 0.1) is 0 Å². The monoisotopic (exact) mass is 259 g/mol. The Morgan fingerprint density at radius 3 is 2.25 bits per heavy atom. The van der Waals surface area contributed by atoms with E-state index in [9.17, 15) is 0 Å². The lowest BCUT2D eigenvalue weighted by molar-refractivity contribution is 0.566. The van der Waals surface area contributed by atoms with Crippen molar-refractivity contribution >= 4 is 23.2 Å². The molecule has 1 aromatic carbocycles. The topological polar surface area (TPSA) is 26.0 Å². The first kappa shape index (κ1) is 13.8. The van der Waals surface area contributed by atoms with Crippen LogP contribution in [0.15, 0.2) is 18.2 Å². The number of hydrogen-bond acceptors (Lipinski definition) is 1. The number of rotatable bonds is 6. The van der Waals surface area contributed by atoms with E-state index in [2.05, 4.69) is 6.92 Å². The molecule has 1 rings (SSSR count). The Bertz CT molecular complexity index is 305. The number of unbranched alkanes of at least 4 members (excludes halogenated alkanes) is 3. The van der Waals surface area contributed by atoms with Gasteiger partial charge in [-0.25, -0.2) is 0 Å². The van der Waals surface area contributed by atoms with Crippen LogP contribution in [0.5, 0.6) is 0 Å². The maximum atomic E-state index is 6.10. The van der Waals surface area contributed by atoms with Crippen LogP contribution < -0.4 is 5.73 Å². The molecule has 16 heavy (non-hydrogen) atoms. The summed E-state index contributed by atoms with van der Waals surface area (Å²) in [5, 5.41) is 1.32. The summed E-state index contributed by atoms with van der Waals surface area (Å²) < 4.78 is 0. The normalized spacial score (nSPS) is 12.8. The molecule has 0 spiro atoms. The molecule has 0 amide bonds. The van der Waals surface area contributed by atoms with Crippen molar-refractivity contribution in [1.29, 1.82) is 0 Å². The highest BCUT2D eigenvalue weighted by Gasteiger charge is 2.07. The molecule has 0 saturated heterocycles. The Morgan fingerprint density at radius 1 is 1.06 bits per heavy atom. The van der Waals surface area contributed by atoms with E-state index >= 15 is 0 Å². The zero-order valence-electron chi connectivity index (χ0n) is 9.68. The lowest BCUT2D eigenvalue weighted by Crippen LogP contribution is -2.10. The first-order valence-electron chi connectivity index (χ1n) is 5.85. The van der Waals surface area contributed by atoms with E-state index in [1.807, 2.05) is 12.1 Å². The van der Waals surface area contributed by atoms with Gasteiger partial charge in [-0.05, 0) is 30.2 Å². The second kappa shape index (κ2) is 7.16. The minimum absolute atomic E-state index is 0.0491. The van der Waals surface area contributed by atoms with Crippen LogP contribution in [0.1, 0.15) is 50.6 Å². The van der Waals surface area contributed by atoms with Gasteiger partial charge in [0.25, 0.3) is 0 Å². The molecule has 2 N–H and O–H groups in total. The van der Waals surface area contributed by atoms with Gasteiger partial charge in [0, 0.05) is 16.1 Å². The number of nitrogens with two attached hydrogens (primary N) is 1. The van der Waals surface area contributed by atoms with E-state index in [4.69, 9.17) is 28.9 Å². The second-order valence-corrected chi connectivity index (χ2v) is 5.03. The van der Waals surface area contributed by atoms with Crippen LogP contribution in [0.3, 0.4) is 0 Å². The third kappa shape index (κ3) is 4.73. The highest BCUT2D eigenvalue weighted by Crippen LogP contribution is 2.25. The molecule has 90 valence electrons. The van der Waals surface area contributed by atoms with Gasteiger partial charge in [0.05, 0.1) is 0 Å². The van der Waals surface area contributed by atoms with Gasteiger partial charge in [-0.15, -0.1) is 0 Å². The Balaban J connectivity index is 2.48. The molecule has 0 bridgehead atoms. The van der Waals surface area contributed by atoms with Crippen molar-refractivity contribution in [3.63, 3.8) is 0 Å². The van der Waals surface area contributed by atoms with Gasteiger partial charge < -0.3 is 5.73 Å². The minimum Gasteiger partial charge on any atom is -0.324 e. The highest BCUT2D eigenvalue weighted by atomic mass is 35.5. The Morgan fingerprint density at radius 2 is 1.69 bits per heavy atom. The third-order valence-electron chi connectivity index (χ3n) is 2.68. The molecule has 0 aromatic heterocycles. The molecule has 0 fully saturated rings. The fourth-order valence-electron chi connectivity index (χ4n) is 1.75. The standard InChI is InChI=1S/C13H19Cl2N/c1-2-3-4-5-6-13(16)10-7-11(14)9-12(15)8-10/h7-9,13H,2-6,16H2,1H3. The van der Waals surface area contributed by atoms with Crippen molar-refractivity contribution in [3.8, 4) is 0 Å². The molecule has 0 aliphatic rings. The number of benzene rings is 1. The van der Waals surface area contributed by atoms with Crippen molar-refractivity contribution in [3.05, 3.63) is 33.8 Å². The lowest BCUT2D eigenvalue weighted by atomic mass is 10.0. The van der Waals surface area contributed by atoms with Crippen LogP contribution >= 0.6 is 23.2 Å².